The fraction of sp³-hybridized carbons (Fsp3) is 0.197. The van der Waals surface area contributed by atoms with E-state index < -0.39 is 0 Å². The van der Waals surface area contributed by atoms with Gasteiger partial charge in [0, 0.05) is 45.6 Å². The first-order valence-electron chi connectivity index (χ1n) is 25.1. The predicted molar refractivity (Wildman–Crippen MR) is 302 cm³/mol. The zero-order valence-corrected chi connectivity index (χ0v) is 42.6. The molecule has 11 rings (SSSR count). The molecule has 2 aliphatic rings. The average molecular weight is 926 g/mol. The summed E-state index contributed by atoms with van der Waals surface area (Å²) in [5, 5.41) is 0. The van der Waals surface area contributed by atoms with Crippen LogP contribution in [0.4, 0.5) is 57.0 Å². The highest BCUT2D eigenvalue weighted by Crippen LogP contribution is 2.54. The van der Waals surface area contributed by atoms with Crippen LogP contribution in [-0.4, -0.2) is 11.7 Å². The Hall–Kier alpha value is -7.89. The lowest BCUT2D eigenvalue weighted by atomic mass is 9.83. The summed E-state index contributed by atoms with van der Waals surface area (Å²) in [6, 6.07) is 73.8. The van der Waals surface area contributed by atoms with Gasteiger partial charge in [-0.15, -0.1) is 0 Å². The number of fused-ring (bicyclic) bond motifs is 6. The van der Waals surface area contributed by atoms with Crippen LogP contribution in [0.2, 0.25) is 0 Å². The lowest BCUT2D eigenvalue weighted by molar-refractivity contribution is 0.589. The van der Waals surface area contributed by atoms with Crippen molar-refractivity contribution in [3.63, 3.8) is 0 Å². The van der Waals surface area contributed by atoms with Crippen LogP contribution in [0.25, 0.3) is 33.4 Å². The molecule has 0 spiro atoms. The summed E-state index contributed by atoms with van der Waals surface area (Å²) in [5.41, 5.74) is 20.8. The Balaban J connectivity index is 1.12. The van der Waals surface area contributed by atoms with Crippen molar-refractivity contribution in [2.24, 2.45) is 0 Å². The van der Waals surface area contributed by atoms with Crippen LogP contribution in [0, 0.1) is 0 Å². The molecule has 1 aromatic heterocycles. The minimum absolute atomic E-state index is 0.0658. The number of aromatic nitrogens is 1. The van der Waals surface area contributed by atoms with E-state index in [1.54, 1.807) is 0 Å². The number of benzene rings is 8. The molecule has 0 amide bonds. The van der Waals surface area contributed by atoms with Gasteiger partial charge >= 0.3 is 0 Å². The molecular formula is C66H63N5. The van der Waals surface area contributed by atoms with Crippen molar-refractivity contribution < 1.29 is 0 Å². The first-order valence-corrected chi connectivity index (χ1v) is 25.1. The molecule has 0 aliphatic carbocycles. The minimum atomic E-state index is -0.160. The highest BCUT2D eigenvalue weighted by molar-refractivity contribution is 6.03. The molecule has 352 valence electrons. The van der Waals surface area contributed by atoms with Crippen LogP contribution in [0.3, 0.4) is 0 Å². The van der Waals surface area contributed by atoms with Gasteiger partial charge < -0.3 is 14.7 Å². The molecule has 0 fully saturated rings. The van der Waals surface area contributed by atoms with Crippen molar-refractivity contribution in [2.45, 2.75) is 78.6 Å². The van der Waals surface area contributed by atoms with E-state index in [0.29, 0.717) is 6.67 Å². The Morgan fingerprint density at radius 3 is 1.63 bits per heavy atom. The maximum absolute atomic E-state index is 5.15. The van der Waals surface area contributed by atoms with E-state index in [9.17, 15) is 0 Å². The van der Waals surface area contributed by atoms with E-state index in [2.05, 4.69) is 282 Å². The molecular weight excluding hydrogens is 863 g/mol. The number of para-hydroxylation sites is 5. The molecule has 3 heterocycles. The molecule has 0 radical (unpaired) electrons. The average Bonchev–Trinajstić information content (AvgIpc) is 3.70. The molecule has 0 atom stereocenters. The van der Waals surface area contributed by atoms with Crippen molar-refractivity contribution in [3.05, 3.63) is 223 Å². The van der Waals surface area contributed by atoms with Crippen LogP contribution in [0.1, 0.15) is 79.0 Å². The number of hydrogen-bond acceptors (Lipinski definition) is 5. The first kappa shape index (κ1) is 45.5. The van der Waals surface area contributed by atoms with Crippen molar-refractivity contribution in [1.82, 2.24) is 4.98 Å². The van der Waals surface area contributed by atoms with Crippen LogP contribution in [0.5, 0.6) is 0 Å². The number of nitrogens with zero attached hydrogens (tertiary/aromatic N) is 5. The Kier molecular flexibility index (Phi) is 11.2. The lowest BCUT2D eigenvalue weighted by Gasteiger charge is -2.33. The highest BCUT2D eigenvalue weighted by atomic mass is 15.4. The van der Waals surface area contributed by atoms with Gasteiger partial charge in [0.15, 0.2) is 0 Å². The lowest BCUT2D eigenvalue weighted by Crippen LogP contribution is -2.27. The van der Waals surface area contributed by atoms with E-state index in [0.717, 1.165) is 45.5 Å². The second-order valence-electron chi connectivity index (χ2n) is 22.2. The Bertz CT molecular complexity index is 3430. The molecule has 5 nitrogen and oxygen atoms in total. The zero-order valence-electron chi connectivity index (χ0n) is 42.6. The summed E-state index contributed by atoms with van der Waals surface area (Å²) in [6.45, 7) is 21.4. The van der Waals surface area contributed by atoms with Crippen LogP contribution in [0.15, 0.2) is 206 Å². The maximum atomic E-state index is 5.15. The van der Waals surface area contributed by atoms with Crippen molar-refractivity contribution >= 4 is 57.0 Å². The Labute approximate surface area is 421 Å². The second-order valence-corrected chi connectivity index (χ2v) is 22.2. The van der Waals surface area contributed by atoms with Gasteiger partial charge in [-0.3, -0.25) is 4.90 Å². The van der Waals surface area contributed by atoms with Crippen molar-refractivity contribution in [3.8, 4) is 33.4 Å². The molecule has 0 saturated carbocycles. The van der Waals surface area contributed by atoms with Gasteiger partial charge in [-0.05, 0) is 122 Å². The predicted octanol–water partition coefficient (Wildman–Crippen LogP) is 18.5. The third kappa shape index (κ3) is 8.33. The third-order valence-electron chi connectivity index (χ3n) is 14.3. The van der Waals surface area contributed by atoms with E-state index in [1.807, 2.05) is 6.20 Å². The normalized spacial score (nSPS) is 13.3. The van der Waals surface area contributed by atoms with Gasteiger partial charge in [0.2, 0.25) is 0 Å². The minimum Gasteiger partial charge on any atom is -0.321 e. The molecule has 0 bridgehead atoms. The highest BCUT2D eigenvalue weighted by Gasteiger charge is 2.35. The van der Waals surface area contributed by atoms with Crippen LogP contribution in [-0.2, 0) is 16.2 Å². The summed E-state index contributed by atoms with van der Waals surface area (Å²) < 4.78 is 0. The number of anilines is 10. The summed E-state index contributed by atoms with van der Waals surface area (Å²) in [5.74, 6) is 0.889. The summed E-state index contributed by atoms with van der Waals surface area (Å²) in [4.78, 5) is 15.1. The van der Waals surface area contributed by atoms with E-state index in [-0.39, 0.29) is 16.2 Å². The summed E-state index contributed by atoms with van der Waals surface area (Å²) in [7, 11) is 0. The van der Waals surface area contributed by atoms with Crippen molar-refractivity contribution in [2.75, 3.05) is 26.3 Å². The van der Waals surface area contributed by atoms with Gasteiger partial charge in [0.05, 0.1) is 28.4 Å². The van der Waals surface area contributed by atoms with Crippen LogP contribution < -0.4 is 19.6 Å². The van der Waals surface area contributed by atoms with Gasteiger partial charge in [-0.1, -0.05) is 190 Å². The Morgan fingerprint density at radius 1 is 0.394 bits per heavy atom. The molecule has 71 heavy (non-hydrogen) atoms. The van der Waals surface area contributed by atoms with Crippen LogP contribution >= 0.6 is 0 Å². The van der Waals surface area contributed by atoms with E-state index in [1.165, 1.54) is 61.6 Å². The monoisotopic (exact) mass is 926 g/mol. The molecule has 0 saturated heterocycles. The third-order valence-corrected chi connectivity index (χ3v) is 14.3. The maximum Gasteiger partial charge on any atom is 0.137 e. The number of pyridine rings is 1. The van der Waals surface area contributed by atoms with Gasteiger partial charge in [-0.25, -0.2) is 4.98 Å². The SMILES string of the molecule is CC(C)(C)c1cc(N2CN(c3c(-c4ccccc4)cccc3C(C)(C)C)c3ccccc32)cc(N(c2ccccc2)c2ccc3c(c2)N(c2cc(C(C)(C)C)ccn2)c2ccccc2-c2ccccc2-3)c1. The molecule has 2 aliphatic heterocycles. The van der Waals surface area contributed by atoms with E-state index in [4.69, 9.17) is 4.98 Å². The standard InChI is InChI=1S/C66H63N5/c1-64(2,3)46-37-38-67-62(41-46)71-58-32-19-18-29-55(58)53-27-16-17-28-54(53)56-36-35-49(43-61(56)71)70(48-25-14-11-15-26-48)51-40-47(65(4,5)6)39-50(42-51)68-44-69(60-34-21-20-33-59(60)68)63-52(45-23-12-10-13-24-45)30-22-31-57(63)66(7,8)9/h10-43H,44H2,1-9H3. The van der Waals surface area contributed by atoms with Gasteiger partial charge in [0.25, 0.3) is 0 Å². The molecule has 5 heteroatoms. The van der Waals surface area contributed by atoms with Gasteiger partial charge in [0.1, 0.15) is 12.5 Å². The number of rotatable bonds is 7. The smallest absolute Gasteiger partial charge is 0.137 e. The zero-order chi connectivity index (χ0) is 49.2. The Morgan fingerprint density at radius 2 is 0.972 bits per heavy atom. The molecule has 8 aromatic carbocycles. The topological polar surface area (TPSA) is 25.9 Å². The summed E-state index contributed by atoms with van der Waals surface area (Å²) in [6.07, 6.45) is 1.97. The number of hydrogen-bond donors (Lipinski definition) is 0. The van der Waals surface area contributed by atoms with Gasteiger partial charge in [-0.2, -0.15) is 0 Å². The molecule has 0 N–H and O–H groups in total. The molecule has 0 unspecified atom stereocenters. The van der Waals surface area contributed by atoms with Crippen molar-refractivity contribution in [1.29, 1.82) is 0 Å². The fourth-order valence-electron chi connectivity index (χ4n) is 10.6. The largest absolute Gasteiger partial charge is 0.321 e. The summed E-state index contributed by atoms with van der Waals surface area (Å²) >= 11 is 0. The first-order chi connectivity index (χ1) is 34.1. The van der Waals surface area contributed by atoms with E-state index >= 15 is 0 Å². The molecule has 9 aromatic rings. The quantitative estimate of drug-likeness (QED) is 0.159. The second kappa shape index (κ2) is 17.5. The fourth-order valence-corrected chi connectivity index (χ4v) is 10.6.